The first-order valence-corrected chi connectivity index (χ1v) is 5.88. The molecule has 0 aliphatic heterocycles. The molecule has 5 nitrogen and oxygen atoms in total. The van der Waals surface area contributed by atoms with Crippen molar-refractivity contribution in [3.8, 4) is 0 Å². The van der Waals surface area contributed by atoms with Gasteiger partial charge in [-0.2, -0.15) is 0 Å². The summed E-state index contributed by atoms with van der Waals surface area (Å²) in [7, 11) is 0. The maximum absolute atomic E-state index is 13.3. The molecule has 0 saturated heterocycles. The third kappa shape index (κ3) is 3.30. The first-order valence-electron chi connectivity index (χ1n) is 5.50. The Hall–Kier alpha value is -1.40. The molecule has 0 fully saturated rings. The molecule has 0 aromatic heterocycles. The minimum atomic E-state index is -0.826. The van der Waals surface area contributed by atoms with Gasteiger partial charge >= 0.3 is 0 Å². The van der Waals surface area contributed by atoms with E-state index in [9.17, 15) is 14.5 Å². The second-order valence-electron chi connectivity index (χ2n) is 3.72. The number of rotatable bonds is 6. The number of nitro groups is 1. The van der Waals surface area contributed by atoms with Crippen molar-refractivity contribution < 1.29 is 14.4 Å². The van der Waals surface area contributed by atoms with Crippen LogP contribution in [0.2, 0.25) is 5.02 Å². The Labute approximate surface area is 109 Å². The van der Waals surface area contributed by atoms with Gasteiger partial charge in [0, 0.05) is 13.1 Å². The zero-order valence-electron chi connectivity index (χ0n) is 9.90. The number of nitro benzene ring substituents is 1. The van der Waals surface area contributed by atoms with E-state index in [1.54, 1.807) is 4.90 Å². The fraction of sp³-hybridized carbons (Fsp3) is 0.455. The molecule has 0 amide bonds. The standard InChI is InChI=1S/C11H14ClFN2O3/c1-2-3-14(4-5-16)10-6-8(12)9(13)7-11(10)15(17)18/h6-7,16H,2-5H2,1H3. The molecule has 0 unspecified atom stereocenters. The summed E-state index contributed by atoms with van der Waals surface area (Å²) in [5, 5.41) is 19.7. The molecule has 0 atom stereocenters. The normalized spacial score (nSPS) is 10.4. The van der Waals surface area contributed by atoms with Gasteiger partial charge < -0.3 is 10.0 Å². The van der Waals surface area contributed by atoms with Gasteiger partial charge in [-0.1, -0.05) is 18.5 Å². The second kappa shape index (κ2) is 6.51. The van der Waals surface area contributed by atoms with E-state index in [0.29, 0.717) is 6.54 Å². The van der Waals surface area contributed by atoms with Crippen LogP contribution in [0.5, 0.6) is 0 Å². The van der Waals surface area contributed by atoms with Crippen molar-refractivity contribution in [2.45, 2.75) is 13.3 Å². The van der Waals surface area contributed by atoms with Gasteiger partial charge in [0.2, 0.25) is 0 Å². The van der Waals surface area contributed by atoms with Gasteiger partial charge in [-0.25, -0.2) is 4.39 Å². The number of halogens is 2. The summed E-state index contributed by atoms with van der Waals surface area (Å²) < 4.78 is 13.3. The molecule has 0 spiro atoms. The summed E-state index contributed by atoms with van der Waals surface area (Å²) in [6, 6.07) is 2.03. The lowest BCUT2D eigenvalue weighted by Gasteiger charge is -2.23. The van der Waals surface area contributed by atoms with Gasteiger partial charge in [0.05, 0.1) is 22.6 Å². The van der Waals surface area contributed by atoms with Crippen LogP contribution >= 0.6 is 11.6 Å². The first kappa shape index (κ1) is 14.7. The van der Waals surface area contributed by atoms with E-state index in [1.165, 1.54) is 6.07 Å². The Morgan fingerprint density at radius 2 is 2.17 bits per heavy atom. The fourth-order valence-electron chi connectivity index (χ4n) is 1.67. The third-order valence-corrected chi connectivity index (χ3v) is 2.71. The molecular formula is C11H14ClFN2O3. The van der Waals surface area contributed by atoms with Crippen LogP contribution in [0.1, 0.15) is 13.3 Å². The van der Waals surface area contributed by atoms with E-state index in [0.717, 1.165) is 12.5 Å². The number of benzene rings is 1. The average Bonchev–Trinajstić information content (AvgIpc) is 2.31. The molecule has 1 aromatic rings. The van der Waals surface area contributed by atoms with Gasteiger partial charge in [-0.15, -0.1) is 0 Å². The third-order valence-electron chi connectivity index (χ3n) is 2.42. The molecule has 0 radical (unpaired) electrons. The summed E-state index contributed by atoms with van der Waals surface area (Å²) in [4.78, 5) is 11.9. The molecule has 100 valence electrons. The molecule has 1 aromatic carbocycles. The van der Waals surface area contributed by atoms with Gasteiger partial charge in [0.15, 0.2) is 0 Å². The monoisotopic (exact) mass is 276 g/mol. The van der Waals surface area contributed by atoms with E-state index >= 15 is 0 Å². The summed E-state index contributed by atoms with van der Waals surface area (Å²) in [5.41, 5.74) is -0.124. The maximum Gasteiger partial charge on any atom is 0.295 e. The maximum atomic E-state index is 13.3. The van der Waals surface area contributed by atoms with E-state index in [1.807, 2.05) is 6.92 Å². The summed E-state index contributed by atoms with van der Waals surface area (Å²) >= 11 is 5.65. The van der Waals surface area contributed by atoms with Crippen LogP contribution < -0.4 is 4.90 Å². The number of nitrogens with zero attached hydrogens (tertiary/aromatic N) is 2. The molecule has 1 N–H and O–H groups in total. The Balaban J connectivity index is 3.25. The second-order valence-corrected chi connectivity index (χ2v) is 4.13. The number of aliphatic hydroxyl groups is 1. The molecular weight excluding hydrogens is 263 g/mol. The van der Waals surface area contributed by atoms with Crippen LogP contribution in [-0.2, 0) is 0 Å². The summed E-state index contributed by atoms with van der Waals surface area (Å²) in [5.74, 6) is -0.826. The van der Waals surface area contributed by atoms with Crippen molar-refractivity contribution in [3.05, 3.63) is 33.1 Å². The van der Waals surface area contributed by atoms with Crippen molar-refractivity contribution in [1.29, 1.82) is 0 Å². The van der Waals surface area contributed by atoms with E-state index in [2.05, 4.69) is 0 Å². The number of aliphatic hydroxyl groups excluding tert-OH is 1. The van der Waals surface area contributed by atoms with Gasteiger partial charge in [-0.3, -0.25) is 10.1 Å². The van der Waals surface area contributed by atoms with Gasteiger partial charge in [-0.05, 0) is 12.5 Å². The molecule has 0 aliphatic carbocycles. The zero-order valence-corrected chi connectivity index (χ0v) is 10.7. The fourth-order valence-corrected chi connectivity index (χ4v) is 1.83. The van der Waals surface area contributed by atoms with Crippen LogP contribution in [0.3, 0.4) is 0 Å². The van der Waals surface area contributed by atoms with Crippen LogP contribution in [0.15, 0.2) is 12.1 Å². The Morgan fingerprint density at radius 1 is 1.50 bits per heavy atom. The van der Waals surface area contributed by atoms with E-state index in [-0.39, 0.29) is 29.5 Å². The Bertz CT molecular complexity index is 437. The van der Waals surface area contributed by atoms with Crippen molar-refractivity contribution >= 4 is 23.0 Å². The highest BCUT2D eigenvalue weighted by Crippen LogP contribution is 2.33. The molecule has 7 heteroatoms. The first-order chi connectivity index (χ1) is 8.51. The smallest absolute Gasteiger partial charge is 0.295 e. The highest BCUT2D eigenvalue weighted by Gasteiger charge is 2.21. The molecule has 0 heterocycles. The minimum Gasteiger partial charge on any atom is -0.395 e. The number of anilines is 1. The van der Waals surface area contributed by atoms with Gasteiger partial charge in [0.25, 0.3) is 5.69 Å². The largest absolute Gasteiger partial charge is 0.395 e. The van der Waals surface area contributed by atoms with Crippen LogP contribution in [-0.4, -0.2) is 29.7 Å². The number of hydrogen-bond acceptors (Lipinski definition) is 4. The van der Waals surface area contributed by atoms with Crippen LogP contribution in [0.25, 0.3) is 0 Å². The van der Waals surface area contributed by atoms with Gasteiger partial charge in [0.1, 0.15) is 11.5 Å². The van der Waals surface area contributed by atoms with Crippen molar-refractivity contribution in [1.82, 2.24) is 0 Å². The zero-order chi connectivity index (χ0) is 13.7. The van der Waals surface area contributed by atoms with E-state index in [4.69, 9.17) is 16.7 Å². The highest BCUT2D eigenvalue weighted by molar-refractivity contribution is 6.31. The van der Waals surface area contributed by atoms with Crippen LogP contribution in [0, 0.1) is 15.9 Å². The molecule has 18 heavy (non-hydrogen) atoms. The molecule has 0 saturated carbocycles. The molecule has 1 rings (SSSR count). The van der Waals surface area contributed by atoms with Crippen LogP contribution in [0.4, 0.5) is 15.8 Å². The summed E-state index contributed by atoms with van der Waals surface area (Å²) in [6.07, 6.45) is 0.742. The molecule has 0 aliphatic rings. The quantitative estimate of drug-likeness (QED) is 0.641. The lowest BCUT2D eigenvalue weighted by molar-refractivity contribution is -0.384. The predicted octanol–water partition coefficient (Wildman–Crippen LogP) is 2.60. The molecule has 0 bridgehead atoms. The van der Waals surface area contributed by atoms with Crippen molar-refractivity contribution in [3.63, 3.8) is 0 Å². The average molecular weight is 277 g/mol. The van der Waals surface area contributed by atoms with Crippen molar-refractivity contribution in [2.24, 2.45) is 0 Å². The minimum absolute atomic E-state index is 0.147. The lowest BCUT2D eigenvalue weighted by Crippen LogP contribution is -2.28. The van der Waals surface area contributed by atoms with Crippen molar-refractivity contribution in [2.75, 3.05) is 24.6 Å². The lowest BCUT2D eigenvalue weighted by atomic mass is 10.2. The summed E-state index contributed by atoms with van der Waals surface area (Å²) in [6.45, 7) is 2.51. The number of hydrogen-bond donors (Lipinski definition) is 1. The predicted molar refractivity (Wildman–Crippen MR) is 67.7 cm³/mol. The topological polar surface area (TPSA) is 66.6 Å². The Morgan fingerprint density at radius 3 is 2.67 bits per heavy atom. The SMILES string of the molecule is CCCN(CCO)c1cc(Cl)c(F)cc1[N+](=O)[O-]. The highest BCUT2D eigenvalue weighted by atomic mass is 35.5. The van der Waals surface area contributed by atoms with E-state index < -0.39 is 10.7 Å². The Kier molecular flexibility index (Phi) is 5.30.